The fourth-order valence-electron chi connectivity index (χ4n) is 2.30. The standard InChI is InChI=1S/C16H14N6O/c1-22-9-11(8-20-22)14-6-12(13(7-17)16(18)21-14)10-3-4-19-15(5-10)23-2/h3-6,8-9H,1-2H3,(H2,18,21). The van der Waals surface area contributed by atoms with Crippen molar-refractivity contribution in [3.8, 4) is 34.3 Å². The highest BCUT2D eigenvalue weighted by Gasteiger charge is 2.14. The van der Waals surface area contributed by atoms with Gasteiger partial charge in [-0.05, 0) is 17.7 Å². The molecule has 7 nitrogen and oxygen atoms in total. The zero-order chi connectivity index (χ0) is 16.4. The number of nitrogens with zero attached hydrogens (tertiary/aromatic N) is 5. The molecule has 0 aromatic carbocycles. The van der Waals surface area contributed by atoms with Crippen LogP contribution in [0, 0.1) is 11.3 Å². The number of nitrogens with two attached hydrogens (primary N) is 1. The topological polar surface area (TPSA) is 103 Å². The minimum Gasteiger partial charge on any atom is -0.481 e. The largest absolute Gasteiger partial charge is 0.481 e. The van der Waals surface area contributed by atoms with E-state index in [1.165, 1.54) is 0 Å². The Hall–Kier alpha value is -3.40. The van der Waals surface area contributed by atoms with Crippen LogP contribution in [0.3, 0.4) is 0 Å². The van der Waals surface area contributed by atoms with Gasteiger partial charge in [-0.2, -0.15) is 10.4 Å². The van der Waals surface area contributed by atoms with E-state index in [-0.39, 0.29) is 5.82 Å². The van der Waals surface area contributed by atoms with Gasteiger partial charge in [0.15, 0.2) is 0 Å². The number of aromatic nitrogens is 4. The number of hydrogen-bond acceptors (Lipinski definition) is 6. The van der Waals surface area contributed by atoms with E-state index in [9.17, 15) is 5.26 Å². The van der Waals surface area contributed by atoms with Crippen molar-refractivity contribution >= 4 is 5.82 Å². The maximum atomic E-state index is 9.42. The molecule has 3 heterocycles. The lowest BCUT2D eigenvalue weighted by atomic mass is 10.00. The number of nitrogen functional groups attached to an aromatic ring is 1. The summed E-state index contributed by atoms with van der Waals surface area (Å²) >= 11 is 0. The second kappa shape index (κ2) is 5.77. The third kappa shape index (κ3) is 2.70. The minimum absolute atomic E-state index is 0.180. The molecule has 0 atom stereocenters. The zero-order valence-corrected chi connectivity index (χ0v) is 12.7. The predicted molar refractivity (Wildman–Crippen MR) is 85.3 cm³/mol. The number of nitriles is 1. The molecule has 0 bridgehead atoms. The number of methoxy groups -OCH3 is 1. The smallest absolute Gasteiger partial charge is 0.213 e. The lowest BCUT2D eigenvalue weighted by molar-refractivity contribution is 0.398. The summed E-state index contributed by atoms with van der Waals surface area (Å²) in [6.07, 6.45) is 5.16. The average molecular weight is 306 g/mol. The third-order valence-electron chi connectivity index (χ3n) is 3.41. The van der Waals surface area contributed by atoms with Crippen LogP contribution >= 0.6 is 0 Å². The fraction of sp³-hybridized carbons (Fsp3) is 0.125. The van der Waals surface area contributed by atoms with Crippen LogP contribution in [0.2, 0.25) is 0 Å². The molecule has 0 saturated carbocycles. The molecule has 0 saturated heterocycles. The Morgan fingerprint density at radius 3 is 2.78 bits per heavy atom. The van der Waals surface area contributed by atoms with Crippen LogP contribution in [0.25, 0.3) is 22.4 Å². The van der Waals surface area contributed by atoms with Gasteiger partial charge in [-0.25, -0.2) is 9.97 Å². The van der Waals surface area contributed by atoms with Crippen molar-refractivity contribution in [3.05, 3.63) is 42.4 Å². The number of anilines is 1. The van der Waals surface area contributed by atoms with Crippen molar-refractivity contribution in [2.45, 2.75) is 0 Å². The Morgan fingerprint density at radius 1 is 1.30 bits per heavy atom. The van der Waals surface area contributed by atoms with E-state index in [0.29, 0.717) is 22.7 Å². The maximum absolute atomic E-state index is 9.42. The van der Waals surface area contributed by atoms with Gasteiger partial charge in [-0.15, -0.1) is 0 Å². The summed E-state index contributed by atoms with van der Waals surface area (Å²) in [6, 6.07) is 7.48. The van der Waals surface area contributed by atoms with Gasteiger partial charge in [-0.3, -0.25) is 4.68 Å². The summed E-state index contributed by atoms with van der Waals surface area (Å²) in [6.45, 7) is 0. The fourth-order valence-corrected chi connectivity index (χ4v) is 2.30. The maximum Gasteiger partial charge on any atom is 0.213 e. The lowest BCUT2D eigenvalue weighted by Gasteiger charge is -2.10. The highest BCUT2D eigenvalue weighted by Crippen LogP contribution is 2.31. The molecule has 23 heavy (non-hydrogen) atoms. The van der Waals surface area contributed by atoms with Gasteiger partial charge in [0.2, 0.25) is 5.88 Å². The summed E-state index contributed by atoms with van der Waals surface area (Å²) < 4.78 is 6.83. The zero-order valence-electron chi connectivity index (χ0n) is 12.7. The Bertz CT molecular complexity index is 909. The van der Waals surface area contributed by atoms with Crippen molar-refractivity contribution in [1.82, 2.24) is 19.7 Å². The molecule has 3 aromatic heterocycles. The number of hydrogen-bond donors (Lipinski definition) is 1. The molecule has 7 heteroatoms. The van der Waals surface area contributed by atoms with Gasteiger partial charge in [0.25, 0.3) is 0 Å². The molecular formula is C16H14N6O. The SMILES string of the molecule is COc1cc(-c2cc(-c3cnn(C)c3)nc(N)c2C#N)ccn1. The van der Waals surface area contributed by atoms with E-state index in [1.807, 2.05) is 19.3 Å². The van der Waals surface area contributed by atoms with E-state index < -0.39 is 0 Å². The monoisotopic (exact) mass is 306 g/mol. The van der Waals surface area contributed by atoms with Crippen molar-refractivity contribution < 1.29 is 4.74 Å². The molecule has 0 fully saturated rings. The van der Waals surface area contributed by atoms with Crippen molar-refractivity contribution in [3.63, 3.8) is 0 Å². The normalized spacial score (nSPS) is 10.3. The van der Waals surface area contributed by atoms with Crippen LogP contribution in [0.15, 0.2) is 36.8 Å². The molecule has 0 unspecified atom stereocenters. The van der Waals surface area contributed by atoms with E-state index in [2.05, 4.69) is 21.1 Å². The first-order valence-corrected chi connectivity index (χ1v) is 6.82. The average Bonchev–Trinajstić information content (AvgIpc) is 3.00. The molecule has 0 amide bonds. The van der Waals surface area contributed by atoms with Gasteiger partial charge < -0.3 is 10.5 Å². The first-order chi connectivity index (χ1) is 11.1. The summed E-state index contributed by atoms with van der Waals surface area (Å²) in [5, 5.41) is 13.6. The van der Waals surface area contributed by atoms with Crippen LogP contribution in [-0.2, 0) is 7.05 Å². The molecule has 0 aliphatic rings. The van der Waals surface area contributed by atoms with E-state index in [0.717, 1.165) is 11.1 Å². The second-order valence-corrected chi connectivity index (χ2v) is 4.92. The first-order valence-electron chi connectivity index (χ1n) is 6.82. The Morgan fingerprint density at radius 2 is 2.13 bits per heavy atom. The van der Waals surface area contributed by atoms with Gasteiger partial charge in [0.1, 0.15) is 17.5 Å². The van der Waals surface area contributed by atoms with E-state index >= 15 is 0 Å². The van der Waals surface area contributed by atoms with Crippen LogP contribution in [0.1, 0.15) is 5.56 Å². The van der Waals surface area contributed by atoms with Gasteiger partial charge in [-0.1, -0.05) is 0 Å². The van der Waals surface area contributed by atoms with E-state index in [4.69, 9.17) is 10.5 Å². The van der Waals surface area contributed by atoms with Crippen LogP contribution in [0.4, 0.5) is 5.82 Å². The summed E-state index contributed by atoms with van der Waals surface area (Å²) in [5.74, 6) is 0.643. The molecule has 3 aromatic rings. The van der Waals surface area contributed by atoms with Crippen LogP contribution in [-0.4, -0.2) is 26.9 Å². The number of pyridine rings is 2. The third-order valence-corrected chi connectivity index (χ3v) is 3.41. The van der Waals surface area contributed by atoms with E-state index in [1.54, 1.807) is 36.3 Å². The number of rotatable bonds is 3. The molecule has 0 radical (unpaired) electrons. The quantitative estimate of drug-likeness (QED) is 0.794. The summed E-state index contributed by atoms with van der Waals surface area (Å²) in [4.78, 5) is 8.39. The molecule has 114 valence electrons. The lowest BCUT2D eigenvalue weighted by Crippen LogP contribution is -2.00. The Balaban J connectivity index is 2.22. The Labute approximate surface area is 133 Å². The first kappa shape index (κ1) is 14.5. The van der Waals surface area contributed by atoms with Crippen LogP contribution in [0.5, 0.6) is 5.88 Å². The summed E-state index contributed by atoms with van der Waals surface area (Å²) in [7, 11) is 3.37. The van der Waals surface area contributed by atoms with Gasteiger partial charge in [0, 0.05) is 36.6 Å². The predicted octanol–water partition coefficient (Wildman–Crippen LogP) is 2.01. The highest BCUT2D eigenvalue weighted by atomic mass is 16.5. The molecule has 0 aliphatic carbocycles. The number of aryl methyl sites for hydroxylation is 1. The molecular weight excluding hydrogens is 292 g/mol. The van der Waals surface area contributed by atoms with Crippen molar-refractivity contribution in [2.24, 2.45) is 7.05 Å². The van der Waals surface area contributed by atoms with Gasteiger partial charge in [0.05, 0.1) is 19.0 Å². The van der Waals surface area contributed by atoms with Crippen LogP contribution < -0.4 is 10.5 Å². The molecule has 2 N–H and O–H groups in total. The van der Waals surface area contributed by atoms with Crippen molar-refractivity contribution in [2.75, 3.05) is 12.8 Å². The minimum atomic E-state index is 0.180. The summed E-state index contributed by atoms with van der Waals surface area (Å²) in [5.41, 5.74) is 9.25. The number of ether oxygens (including phenoxy) is 1. The second-order valence-electron chi connectivity index (χ2n) is 4.92. The Kier molecular flexibility index (Phi) is 3.65. The highest BCUT2D eigenvalue weighted by molar-refractivity contribution is 5.80. The molecule has 3 rings (SSSR count). The van der Waals surface area contributed by atoms with Gasteiger partial charge >= 0.3 is 0 Å². The van der Waals surface area contributed by atoms with Crippen molar-refractivity contribution in [1.29, 1.82) is 5.26 Å². The molecule has 0 aliphatic heterocycles. The molecule has 0 spiro atoms.